The van der Waals surface area contributed by atoms with Gasteiger partial charge in [0.15, 0.2) is 0 Å². The minimum absolute atomic E-state index is 0.550. The highest BCUT2D eigenvalue weighted by molar-refractivity contribution is 5.25. The Kier molecular flexibility index (Phi) is 4.73. The molecular formula is C17H23F3N2. The molecule has 0 atom stereocenters. The third-order valence-corrected chi connectivity index (χ3v) is 4.64. The maximum absolute atomic E-state index is 12.7. The highest BCUT2D eigenvalue weighted by Gasteiger charge is 2.30. The molecule has 0 aromatic heterocycles. The standard InChI is InChI=1S/C17H23F3N2/c18-17(19,20)15-3-1-2-14(10-15)12-22-8-6-16(7-9-22)21-11-13-4-5-13/h1-3,10,13,16,21H,4-9,11-12H2. The zero-order chi connectivity index (χ0) is 15.6. The van der Waals surface area contributed by atoms with E-state index in [0.29, 0.717) is 12.6 Å². The van der Waals surface area contributed by atoms with Crippen LogP contribution in [0.25, 0.3) is 0 Å². The summed E-state index contributed by atoms with van der Waals surface area (Å²) in [6.07, 6.45) is 0.649. The monoisotopic (exact) mass is 312 g/mol. The average molecular weight is 312 g/mol. The lowest BCUT2D eigenvalue weighted by Gasteiger charge is -2.32. The van der Waals surface area contributed by atoms with Gasteiger partial charge in [-0.3, -0.25) is 4.90 Å². The van der Waals surface area contributed by atoms with E-state index in [0.717, 1.165) is 50.0 Å². The summed E-state index contributed by atoms with van der Waals surface area (Å²) < 4.78 is 38.2. The molecule has 0 radical (unpaired) electrons. The lowest BCUT2D eigenvalue weighted by molar-refractivity contribution is -0.137. The van der Waals surface area contributed by atoms with Crippen molar-refractivity contribution < 1.29 is 13.2 Å². The molecule has 22 heavy (non-hydrogen) atoms. The van der Waals surface area contributed by atoms with Gasteiger partial charge in [0.2, 0.25) is 0 Å². The van der Waals surface area contributed by atoms with Gasteiger partial charge in [0, 0.05) is 12.6 Å². The molecule has 1 aromatic rings. The van der Waals surface area contributed by atoms with Crippen LogP contribution in [0.4, 0.5) is 13.2 Å². The molecule has 1 heterocycles. The fraction of sp³-hybridized carbons (Fsp3) is 0.647. The topological polar surface area (TPSA) is 15.3 Å². The second-order valence-electron chi connectivity index (χ2n) is 6.60. The molecule has 1 saturated carbocycles. The van der Waals surface area contributed by atoms with E-state index in [2.05, 4.69) is 10.2 Å². The minimum Gasteiger partial charge on any atom is -0.314 e. The van der Waals surface area contributed by atoms with Crippen LogP contribution < -0.4 is 5.32 Å². The van der Waals surface area contributed by atoms with Crippen LogP contribution in [0.15, 0.2) is 24.3 Å². The Morgan fingerprint density at radius 1 is 1.09 bits per heavy atom. The maximum Gasteiger partial charge on any atom is 0.416 e. The van der Waals surface area contributed by atoms with Crippen LogP contribution >= 0.6 is 0 Å². The Bertz CT molecular complexity index is 489. The summed E-state index contributed by atoms with van der Waals surface area (Å²) in [7, 11) is 0. The first-order valence-corrected chi connectivity index (χ1v) is 8.12. The smallest absolute Gasteiger partial charge is 0.314 e. The van der Waals surface area contributed by atoms with Gasteiger partial charge in [0.1, 0.15) is 0 Å². The van der Waals surface area contributed by atoms with Crippen molar-refractivity contribution in [3.63, 3.8) is 0 Å². The highest BCUT2D eigenvalue weighted by atomic mass is 19.4. The number of nitrogens with zero attached hydrogens (tertiary/aromatic N) is 1. The fourth-order valence-corrected chi connectivity index (χ4v) is 3.05. The van der Waals surface area contributed by atoms with Crippen LogP contribution in [0.3, 0.4) is 0 Å². The van der Waals surface area contributed by atoms with Gasteiger partial charge >= 0.3 is 6.18 Å². The molecule has 0 spiro atoms. The predicted molar refractivity (Wildman–Crippen MR) is 80.5 cm³/mol. The number of hydrogen-bond acceptors (Lipinski definition) is 2. The van der Waals surface area contributed by atoms with E-state index in [1.54, 1.807) is 6.07 Å². The molecule has 1 saturated heterocycles. The van der Waals surface area contributed by atoms with E-state index in [1.165, 1.54) is 25.0 Å². The van der Waals surface area contributed by atoms with Crippen molar-refractivity contribution in [3.05, 3.63) is 35.4 Å². The molecule has 1 aliphatic carbocycles. The molecular weight excluding hydrogens is 289 g/mol. The number of halogens is 3. The number of rotatable bonds is 5. The number of hydrogen-bond donors (Lipinski definition) is 1. The van der Waals surface area contributed by atoms with Crippen molar-refractivity contribution in [2.45, 2.75) is 44.4 Å². The van der Waals surface area contributed by atoms with Gasteiger partial charge in [-0.1, -0.05) is 18.2 Å². The molecule has 0 bridgehead atoms. The number of nitrogens with one attached hydrogen (secondary N) is 1. The van der Waals surface area contributed by atoms with Gasteiger partial charge < -0.3 is 5.32 Å². The highest BCUT2D eigenvalue weighted by Crippen LogP contribution is 2.30. The van der Waals surface area contributed by atoms with E-state index < -0.39 is 11.7 Å². The van der Waals surface area contributed by atoms with Crippen LogP contribution in [0.5, 0.6) is 0 Å². The van der Waals surface area contributed by atoms with Crippen molar-refractivity contribution >= 4 is 0 Å². The van der Waals surface area contributed by atoms with Crippen molar-refractivity contribution in [2.24, 2.45) is 5.92 Å². The third kappa shape index (κ3) is 4.46. The lowest BCUT2D eigenvalue weighted by atomic mass is 10.0. The summed E-state index contributed by atoms with van der Waals surface area (Å²) in [4.78, 5) is 2.25. The van der Waals surface area contributed by atoms with E-state index in [9.17, 15) is 13.2 Å². The summed E-state index contributed by atoms with van der Waals surface area (Å²) in [6, 6.07) is 6.28. The first kappa shape index (κ1) is 15.8. The Morgan fingerprint density at radius 2 is 1.82 bits per heavy atom. The average Bonchev–Trinajstić information content (AvgIpc) is 3.30. The van der Waals surface area contributed by atoms with Crippen LogP contribution in [-0.2, 0) is 12.7 Å². The molecule has 122 valence electrons. The summed E-state index contributed by atoms with van der Waals surface area (Å²) in [6.45, 7) is 3.66. The van der Waals surface area contributed by atoms with Crippen molar-refractivity contribution in [1.82, 2.24) is 10.2 Å². The minimum atomic E-state index is -4.25. The van der Waals surface area contributed by atoms with E-state index in [1.807, 2.05) is 0 Å². The van der Waals surface area contributed by atoms with Crippen molar-refractivity contribution in [1.29, 1.82) is 0 Å². The van der Waals surface area contributed by atoms with Gasteiger partial charge in [-0.25, -0.2) is 0 Å². The number of alkyl halides is 3. The van der Waals surface area contributed by atoms with Gasteiger partial charge in [-0.2, -0.15) is 13.2 Å². The summed E-state index contributed by atoms with van der Waals surface area (Å²) in [5.74, 6) is 0.892. The fourth-order valence-electron chi connectivity index (χ4n) is 3.05. The van der Waals surface area contributed by atoms with Gasteiger partial charge in [-0.05, 0) is 62.9 Å². The zero-order valence-corrected chi connectivity index (χ0v) is 12.7. The van der Waals surface area contributed by atoms with Gasteiger partial charge in [0.05, 0.1) is 5.56 Å². The van der Waals surface area contributed by atoms with Crippen LogP contribution in [-0.4, -0.2) is 30.6 Å². The molecule has 5 heteroatoms. The number of piperidine rings is 1. The quantitative estimate of drug-likeness (QED) is 0.892. The SMILES string of the molecule is FC(F)(F)c1cccc(CN2CCC(NCC3CC3)CC2)c1. The number of likely N-dealkylation sites (tertiary alicyclic amines) is 1. The maximum atomic E-state index is 12.7. The second-order valence-corrected chi connectivity index (χ2v) is 6.60. The molecule has 2 nitrogen and oxygen atoms in total. The number of benzene rings is 1. The summed E-state index contributed by atoms with van der Waals surface area (Å²) >= 11 is 0. The second kappa shape index (κ2) is 6.59. The zero-order valence-electron chi connectivity index (χ0n) is 12.7. The summed E-state index contributed by atoms with van der Waals surface area (Å²) in [5.41, 5.74) is 0.199. The van der Waals surface area contributed by atoms with Crippen LogP contribution in [0.1, 0.15) is 36.8 Å². The van der Waals surface area contributed by atoms with E-state index in [-0.39, 0.29) is 0 Å². The van der Waals surface area contributed by atoms with Crippen LogP contribution in [0.2, 0.25) is 0 Å². The Morgan fingerprint density at radius 3 is 2.45 bits per heavy atom. The normalized spacial score (nSPS) is 21.2. The molecule has 1 aromatic carbocycles. The van der Waals surface area contributed by atoms with Gasteiger partial charge in [0.25, 0.3) is 0 Å². The Balaban J connectivity index is 1.47. The van der Waals surface area contributed by atoms with Crippen LogP contribution in [0, 0.1) is 5.92 Å². The van der Waals surface area contributed by atoms with Gasteiger partial charge in [-0.15, -0.1) is 0 Å². The van der Waals surface area contributed by atoms with E-state index >= 15 is 0 Å². The first-order valence-electron chi connectivity index (χ1n) is 8.12. The predicted octanol–water partition coefficient (Wildman–Crippen LogP) is 3.67. The van der Waals surface area contributed by atoms with E-state index in [4.69, 9.17) is 0 Å². The third-order valence-electron chi connectivity index (χ3n) is 4.64. The molecule has 2 aliphatic rings. The molecule has 0 amide bonds. The molecule has 1 aliphatic heterocycles. The largest absolute Gasteiger partial charge is 0.416 e. The molecule has 3 rings (SSSR count). The molecule has 0 unspecified atom stereocenters. The molecule has 1 N–H and O–H groups in total. The van der Waals surface area contributed by atoms with Crippen molar-refractivity contribution in [3.8, 4) is 0 Å². The Labute approximate surface area is 129 Å². The molecule has 2 fully saturated rings. The first-order chi connectivity index (χ1) is 10.5. The summed E-state index contributed by atoms with van der Waals surface area (Å²) in [5, 5.41) is 3.62. The van der Waals surface area contributed by atoms with Crippen molar-refractivity contribution in [2.75, 3.05) is 19.6 Å². The lowest BCUT2D eigenvalue weighted by Crippen LogP contribution is -2.42. The Hall–Kier alpha value is -1.07.